The molecule has 1 unspecified atom stereocenters. The molecule has 2 aromatic rings. The summed E-state index contributed by atoms with van der Waals surface area (Å²) in [7, 11) is 1.70. The van der Waals surface area contributed by atoms with Gasteiger partial charge in [0.25, 0.3) is 0 Å². The normalized spacial score (nSPS) is 12.9. The molecule has 0 aliphatic carbocycles. The number of nitrogens with one attached hydrogen (secondary N) is 1. The Kier molecular flexibility index (Phi) is 3.31. The molecular weight excluding hydrogens is 206 g/mol. The van der Waals surface area contributed by atoms with Crippen LogP contribution in [0.2, 0.25) is 0 Å². The number of methoxy groups -OCH3 is 1. The molecular formula is C10H15N5O. The van der Waals surface area contributed by atoms with Crippen molar-refractivity contribution in [3.05, 3.63) is 18.7 Å². The summed E-state index contributed by atoms with van der Waals surface area (Å²) < 4.78 is 6.86. The first-order chi connectivity index (χ1) is 7.81. The molecule has 2 rings (SSSR count). The lowest BCUT2D eigenvalue weighted by Crippen LogP contribution is -2.18. The van der Waals surface area contributed by atoms with Crippen LogP contribution >= 0.6 is 0 Å². The number of hydrogen-bond acceptors (Lipinski definition) is 5. The Balaban J connectivity index is 2.11. The lowest BCUT2D eigenvalue weighted by Gasteiger charge is -2.13. The van der Waals surface area contributed by atoms with Crippen LogP contribution in [0.3, 0.4) is 0 Å². The zero-order valence-corrected chi connectivity index (χ0v) is 9.42. The SMILES string of the molecule is COCCC(C)Nc1nccn2cnnc12. The van der Waals surface area contributed by atoms with Gasteiger partial charge in [0.2, 0.25) is 5.65 Å². The molecule has 6 heteroatoms. The van der Waals surface area contributed by atoms with Crippen molar-refractivity contribution in [3.8, 4) is 0 Å². The predicted octanol–water partition coefficient (Wildman–Crippen LogP) is 0.961. The van der Waals surface area contributed by atoms with Crippen molar-refractivity contribution in [1.29, 1.82) is 0 Å². The second kappa shape index (κ2) is 4.89. The summed E-state index contributed by atoms with van der Waals surface area (Å²) in [6, 6.07) is 0.287. The van der Waals surface area contributed by atoms with Crippen LogP contribution in [0.25, 0.3) is 5.65 Å². The average Bonchev–Trinajstić information content (AvgIpc) is 2.75. The molecule has 6 nitrogen and oxygen atoms in total. The fraction of sp³-hybridized carbons (Fsp3) is 0.500. The van der Waals surface area contributed by atoms with Crippen molar-refractivity contribution < 1.29 is 4.74 Å². The van der Waals surface area contributed by atoms with E-state index in [1.54, 1.807) is 19.6 Å². The maximum Gasteiger partial charge on any atom is 0.203 e. The molecule has 0 fully saturated rings. The van der Waals surface area contributed by atoms with Gasteiger partial charge in [-0.05, 0) is 13.3 Å². The van der Waals surface area contributed by atoms with E-state index in [2.05, 4.69) is 27.4 Å². The topological polar surface area (TPSA) is 64.3 Å². The molecule has 0 saturated carbocycles. The highest BCUT2D eigenvalue weighted by Gasteiger charge is 2.07. The maximum absolute atomic E-state index is 5.03. The summed E-state index contributed by atoms with van der Waals surface area (Å²) in [5, 5.41) is 11.1. The first-order valence-corrected chi connectivity index (χ1v) is 5.21. The maximum atomic E-state index is 5.03. The Hall–Kier alpha value is -1.69. The summed E-state index contributed by atoms with van der Waals surface area (Å²) in [6.07, 6.45) is 6.12. The molecule has 0 bridgehead atoms. The second-order valence-electron chi connectivity index (χ2n) is 3.66. The van der Waals surface area contributed by atoms with Crippen molar-refractivity contribution in [1.82, 2.24) is 19.6 Å². The van der Waals surface area contributed by atoms with Crippen molar-refractivity contribution >= 4 is 11.5 Å². The van der Waals surface area contributed by atoms with Crippen LogP contribution in [0.15, 0.2) is 18.7 Å². The zero-order valence-electron chi connectivity index (χ0n) is 9.42. The third kappa shape index (κ3) is 2.27. The number of anilines is 1. The van der Waals surface area contributed by atoms with Crippen LogP contribution in [0.1, 0.15) is 13.3 Å². The number of nitrogens with zero attached hydrogens (tertiary/aromatic N) is 4. The molecule has 0 amide bonds. The molecule has 16 heavy (non-hydrogen) atoms. The van der Waals surface area contributed by atoms with Gasteiger partial charge in [-0.1, -0.05) is 0 Å². The smallest absolute Gasteiger partial charge is 0.203 e. The largest absolute Gasteiger partial charge is 0.385 e. The molecule has 0 aromatic carbocycles. The van der Waals surface area contributed by atoms with E-state index in [1.165, 1.54) is 0 Å². The van der Waals surface area contributed by atoms with Crippen molar-refractivity contribution in [3.63, 3.8) is 0 Å². The monoisotopic (exact) mass is 221 g/mol. The molecule has 0 saturated heterocycles. The van der Waals surface area contributed by atoms with E-state index < -0.39 is 0 Å². The molecule has 0 radical (unpaired) electrons. The first kappa shape index (κ1) is 10.8. The molecule has 1 N–H and O–H groups in total. The predicted molar refractivity (Wildman–Crippen MR) is 60.4 cm³/mol. The lowest BCUT2D eigenvalue weighted by atomic mass is 10.2. The summed E-state index contributed by atoms with van der Waals surface area (Å²) in [4.78, 5) is 4.25. The standard InChI is InChI=1S/C10H15N5O/c1-8(3-6-16-2)13-9-10-14-12-7-15(10)5-4-11-9/h4-5,7-8H,3,6H2,1-2H3,(H,11,13). The van der Waals surface area contributed by atoms with E-state index >= 15 is 0 Å². The summed E-state index contributed by atoms with van der Waals surface area (Å²) in [6.45, 7) is 2.81. The molecule has 2 aromatic heterocycles. The highest BCUT2D eigenvalue weighted by molar-refractivity contribution is 5.61. The molecule has 0 aliphatic rings. The third-order valence-electron chi connectivity index (χ3n) is 2.35. The van der Waals surface area contributed by atoms with Crippen LogP contribution in [0.4, 0.5) is 5.82 Å². The Morgan fingerprint density at radius 1 is 1.56 bits per heavy atom. The Labute approximate surface area is 93.7 Å². The molecule has 0 aliphatic heterocycles. The van der Waals surface area contributed by atoms with Gasteiger partial charge in [-0.25, -0.2) is 4.98 Å². The van der Waals surface area contributed by atoms with Crippen molar-refractivity contribution in [2.24, 2.45) is 0 Å². The highest BCUT2D eigenvalue weighted by Crippen LogP contribution is 2.11. The number of aromatic nitrogens is 4. The van der Waals surface area contributed by atoms with E-state index in [1.807, 2.05) is 10.6 Å². The van der Waals surface area contributed by atoms with E-state index in [0.29, 0.717) is 0 Å². The molecule has 1 atom stereocenters. The molecule has 2 heterocycles. The average molecular weight is 221 g/mol. The zero-order chi connectivity index (χ0) is 11.4. The second-order valence-corrected chi connectivity index (χ2v) is 3.66. The summed E-state index contributed by atoms with van der Waals surface area (Å²) in [5.41, 5.74) is 0.742. The van der Waals surface area contributed by atoms with Gasteiger partial charge in [0.1, 0.15) is 6.33 Å². The van der Waals surface area contributed by atoms with E-state index in [9.17, 15) is 0 Å². The minimum Gasteiger partial charge on any atom is -0.385 e. The number of rotatable bonds is 5. The van der Waals surface area contributed by atoms with Gasteiger partial charge in [-0.3, -0.25) is 4.40 Å². The highest BCUT2D eigenvalue weighted by atomic mass is 16.5. The minimum absolute atomic E-state index is 0.287. The Morgan fingerprint density at radius 2 is 2.44 bits per heavy atom. The quantitative estimate of drug-likeness (QED) is 0.814. The van der Waals surface area contributed by atoms with Crippen molar-refractivity contribution in [2.45, 2.75) is 19.4 Å². The van der Waals surface area contributed by atoms with Crippen LogP contribution < -0.4 is 5.32 Å². The van der Waals surface area contributed by atoms with E-state index in [-0.39, 0.29) is 6.04 Å². The summed E-state index contributed by atoms with van der Waals surface area (Å²) in [5.74, 6) is 0.753. The number of fused-ring (bicyclic) bond motifs is 1. The van der Waals surface area contributed by atoms with Crippen molar-refractivity contribution in [2.75, 3.05) is 19.0 Å². The van der Waals surface area contributed by atoms with Crippen LogP contribution in [-0.2, 0) is 4.74 Å². The number of ether oxygens (including phenoxy) is 1. The summed E-state index contributed by atoms with van der Waals surface area (Å²) >= 11 is 0. The van der Waals surface area contributed by atoms with E-state index in [4.69, 9.17) is 4.74 Å². The van der Waals surface area contributed by atoms with Gasteiger partial charge >= 0.3 is 0 Å². The van der Waals surface area contributed by atoms with E-state index in [0.717, 1.165) is 24.5 Å². The number of hydrogen-bond donors (Lipinski definition) is 1. The molecule has 86 valence electrons. The molecule has 0 spiro atoms. The van der Waals surface area contributed by atoms with Gasteiger partial charge < -0.3 is 10.1 Å². The fourth-order valence-corrected chi connectivity index (χ4v) is 1.46. The Morgan fingerprint density at radius 3 is 3.25 bits per heavy atom. The van der Waals surface area contributed by atoms with Gasteiger partial charge in [0, 0.05) is 32.2 Å². The fourth-order valence-electron chi connectivity index (χ4n) is 1.46. The minimum atomic E-state index is 0.287. The lowest BCUT2D eigenvalue weighted by molar-refractivity contribution is 0.191. The van der Waals surface area contributed by atoms with Crippen LogP contribution in [-0.4, -0.2) is 39.3 Å². The Bertz CT molecular complexity index is 455. The van der Waals surface area contributed by atoms with Gasteiger partial charge in [0.05, 0.1) is 0 Å². The third-order valence-corrected chi connectivity index (χ3v) is 2.35. The van der Waals surface area contributed by atoms with Gasteiger partial charge in [-0.15, -0.1) is 10.2 Å². The van der Waals surface area contributed by atoms with Gasteiger partial charge in [0.15, 0.2) is 5.82 Å². The van der Waals surface area contributed by atoms with Crippen LogP contribution in [0.5, 0.6) is 0 Å². The van der Waals surface area contributed by atoms with Gasteiger partial charge in [-0.2, -0.15) is 0 Å². The first-order valence-electron chi connectivity index (χ1n) is 5.21. The van der Waals surface area contributed by atoms with Crippen LogP contribution in [0, 0.1) is 0 Å².